The highest BCUT2D eigenvalue weighted by Gasteiger charge is 1.97. The number of fused-ring (bicyclic) bond motifs is 1. The van der Waals surface area contributed by atoms with Crippen LogP contribution >= 0.6 is 11.3 Å². The van der Waals surface area contributed by atoms with E-state index in [-0.39, 0.29) is 0 Å². The largest absolute Gasteiger partial charge is 0.243 e. The van der Waals surface area contributed by atoms with Crippen molar-refractivity contribution in [3.8, 4) is 0 Å². The molecular weight excluding hydrogens is 144 g/mol. The lowest BCUT2D eigenvalue weighted by molar-refractivity contribution is 1.33. The molecule has 2 aromatic heterocycles. The molecule has 0 aliphatic rings. The second kappa shape index (κ2) is 2.02. The van der Waals surface area contributed by atoms with E-state index < -0.39 is 0 Å². The molecule has 0 N–H and O–H groups in total. The monoisotopic (exact) mass is 149 g/mol. The number of aryl methyl sites for hydroxylation is 1. The van der Waals surface area contributed by atoms with Crippen molar-refractivity contribution in [3.63, 3.8) is 0 Å². The van der Waals surface area contributed by atoms with E-state index in [4.69, 9.17) is 0 Å². The maximum atomic E-state index is 4.24. The van der Waals surface area contributed by atoms with Gasteiger partial charge in [-0.15, -0.1) is 0 Å². The normalized spacial score (nSPS) is 10.5. The fourth-order valence-corrected chi connectivity index (χ4v) is 1.57. The van der Waals surface area contributed by atoms with Gasteiger partial charge in [0.2, 0.25) is 0 Å². The minimum absolute atomic E-state index is 0.949. The molecule has 2 heterocycles. The van der Waals surface area contributed by atoms with Crippen LogP contribution in [0.4, 0.5) is 0 Å². The molecule has 1 radical (unpaired) electrons. The minimum Gasteiger partial charge on any atom is -0.243 e. The molecule has 2 rings (SSSR count). The van der Waals surface area contributed by atoms with Crippen LogP contribution in [0, 0.1) is 13.0 Å². The summed E-state index contributed by atoms with van der Waals surface area (Å²) in [5, 5.41) is 1.06. The van der Waals surface area contributed by atoms with Gasteiger partial charge in [0.05, 0.1) is 5.01 Å². The SMILES string of the molecule is Cc1nc2c[c]cnc2s1. The first kappa shape index (κ1) is 5.80. The van der Waals surface area contributed by atoms with Gasteiger partial charge in [0.25, 0.3) is 0 Å². The number of rotatable bonds is 0. The number of hydrogen-bond donors (Lipinski definition) is 0. The van der Waals surface area contributed by atoms with Crippen LogP contribution in [-0.4, -0.2) is 9.97 Å². The summed E-state index contributed by atoms with van der Waals surface area (Å²) in [4.78, 5) is 9.34. The molecule has 0 atom stereocenters. The fourth-order valence-electron chi connectivity index (χ4n) is 0.831. The number of nitrogens with zero attached hydrogens (tertiary/aromatic N) is 2. The standard InChI is InChI=1S/C7H5N2S/c1-5-9-6-3-2-4-8-7(6)10-5/h3-4H,1H3. The van der Waals surface area contributed by atoms with Crippen molar-refractivity contribution >= 4 is 21.7 Å². The smallest absolute Gasteiger partial charge is 0.143 e. The Morgan fingerprint density at radius 2 is 2.50 bits per heavy atom. The molecule has 10 heavy (non-hydrogen) atoms. The molecule has 0 spiro atoms. The van der Waals surface area contributed by atoms with Crippen LogP contribution in [0.25, 0.3) is 10.3 Å². The summed E-state index contributed by atoms with van der Waals surface area (Å²) in [7, 11) is 0. The maximum absolute atomic E-state index is 4.24. The average molecular weight is 149 g/mol. The van der Waals surface area contributed by atoms with Gasteiger partial charge in [0, 0.05) is 12.3 Å². The number of aromatic nitrogens is 2. The Bertz CT molecular complexity index is 320. The molecule has 0 bridgehead atoms. The van der Waals surface area contributed by atoms with Crippen LogP contribution in [-0.2, 0) is 0 Å². The third kappa shape index (κ3) is 0.789. The zero-order valence-corrected chi connectivity index (χ0v) is 6.27. The van der Waals surface area contributed by atoms with E-state index in [0.717, 1.165) is 15.4 Å². The molecule has 0 fully saturated rings. The maximum Gasteiger partial charge on any atom is 0.143 e. The minimum atomic E-state index is 0.949. The van der Waals surface area contributed by atoms with Crippen molar-refractivity contribution in [2.24, 2.45) is 0 Å². The third-order valence-electron chi connectivity index (χ3n) is 1.22. The molecule has 2 aromatic rings. The molecule has 49 valence electrons. The molecule has 0 aromatic carbocycles. The van der Waals surface area contributed by atoms with Crippen LogP contribution in [0.2, 0.25) is 0 Å². The van der Waals surface area contributed by atoms with Gasteiger partial charge in [0.1, 0.15) is 10.3 Å². The number of thiazole rings is 1. The van der Waals surface area contributed by atoms with Crippen molar-refractivity contribution in [1.29, 1.82) is 0 Å². The van der Waals surface area contributed by atoms with Gasteiger partial charge in [-0.25, -0.2) is 9.97 Å². The van der Waals surface area contributed by atoms with E-state index in [0.29, 0.717) is 0 Å². The molecule has 0 saturated heterocycles. The van der Waals surface area contributed by atoms with Crippen molar-refractivity contribution in [2.75, 3.05) is 0 Å². The van der Waals surface area contributed by atoms with Crippen LogP contribution in [0.3, 0.4) is 0 Å². The first-order chi connectivity index (χ1) is 4.86. The van der Waals surface area contributed by atoms with Gasteiger partial charge in [-0.2, -0.15) is 0 Å². The highest BCUT2D eigenvalue weighted by atomic mass is 32.1. The Kier molecular flexibility index (Phi) is 1.17. The Morgan fingerprint density at radius 3 is 3.30 bits per heavy atom. The molecule has 0 saturated carbocycles. The molecule has 0 amide bonds. The fraction of sp³-hybridized carbons (Fsp3) is 0.143. The summed E-state index contributed by atoms with van der Waals surface area (Å²) in [6.45, 7) is 1.98. The van der Waals surface area contributed by atoms with Crippen LogP contribution in [0.1, 0.15) is 5.01 Å². The quantitative estimate of drug-likeness (QED) is 0.570. The Labute approximate surface area is 62.6 Å². The Balaban J connectivity index is 2.88. The molecule has 3 heteroatoms. The summed E-state index contributed by atoms with van der Waals surface area (Å²) >= 11 is 1.61. The van der Waals surface area contributed by atoms with Gasteiger partial charge >= 0.3 is 0 Å². The molecule has 0 aliphatic carbocycles. The van der Waals surface area contributed by atoms with Gasteiger partial charge in [-0.05, 0) is 13.0 Å². The van der Waals surface area contributed by atoms with Crippen molar-refractivity contribution in [1.82, 2.24) is 9.97 Å². The second-order valence-electron chi connectivity index (χ2n) is 1.99. The summed E-state index contributed by atoms with van der Waals surface area (Å²) in [6, 6.07) is 4.73. The molecular formula is C7H5N2S. The van der Waals surface area contributed by atoms with Crippen LogP contribution in [0.15, 0.2) is 12.3 Å². The zero-order chi connectivity index (χ0) is 6.97. The third-order valence-corrected chi connectivity index (χ3v) is 2.11. The summed E-state index contributed by atoms with van der Waals surface area (Å²) in [5.41, 5.74) is 0.949. The lowest BCUT2D eigenvalue weighted by atomic mass is 10.5. The lowest BCUT2D eigenvalue weighted by Gasteiger charge is -1.79. The molecule has 0 aliphatic heterocycles. The predicted octanol–water partition coefficient (Wildman–Crippen LogP) is 1.80. The van der Waals surface area contributed by atoms with E-state index in [1.807, 2.05) is 13.0 Å². The summed E-state index contributed by atoms with van der Waals surface area (Å²) in [5.74, 6) is 0. The van der Waals surface area contributed by atoms with Gasteiger partial charge in [-0.1, -0.05) is 11.3 Å². The van der Waals surface area contributed by atoms with Gasteiger partial charge in [-0.3, -0.25) is 0 Å². The van der Waals surface area contributed by atoms with Crippen molar-refractivity contribution < 1.29 is 0 Å². The van der Waals surface area contributed by atoms with Crippen molar-refractivity contribution in [2.45, 2.75) is 6.92 Å². The van der Waals surface area contributed by atoms with Gasteiger partial charge < -0.3 is 0 Å². The highest BCUT2D eigenvalue weighted by molar-refractivity contribution is 7.18. The summed E-state index contributed by atoms with van der Waals surface area (Å²) in [6.07, 6.45) is 1.67. The van der Waals surface area contributed by atoms with E-state index >= 15 is 0 Å². The van der Waals surface area contributed by atoms with Gasteiger partial charge in [0.15, 0.2) is 0 Å². The number of pyridine rings is 1. The van der Waals surface area contributed by atoms with E-state index in [1.165, 1.54) is 0 Å². The molecule has 0 unspecified atom stereocenters. The zero-order valence-electron chi connectivity index (χ0n) is 5.46. The van der Waals surface area contributed by atoms with Crippen LogP contribution < -0.4 is 0 Å². The lowest BCUT2D eigenvalue weighted by Crippen LogP contribution is -1.69. The topological polar surface area (TPSA) is 25.8 Å². The van der Waals surface area contributed by atoms with E-state index in [2.05, 4.69) is 16.0 Å². The predicted molar refractivity (Wildman–Crippen MR) is 41.0 cm³/mol. The van der Waals surface area contributed by atoms with Crippen LogP contribution in [0.5, 0.6) is 0 Å². The highest BCUT2D eigenvalue weighted by Crippen LogP contribution is 2.17. The average Bonchev–Trinajstić information content (AvgIpc) is 2.27. The summed E-state index contributed by atoms with van der Waals surface area (Å²) < 4.78 is 0. The van der Waals surface area contributed by atoms with E-state index in [9.17, 15) is 0 Å². The first-order valence-corrected chi connectivity index (χ1v) is 3.77. The Morgan fingerprint density at radius 1 is 1.60 bits per heavy atom. The first-order valence-electron chi connectivity index (χ1n) is 2.95. The Hall–Kier alpha value is -0.960. The van der Waals surface area contributed by atoms with Crippen molar-refractivity contribution in [3.05, 3.63) is 23.3 Å². The molecule has 2 nitrogen and oxygen atoms in total. The van der Waals surface area contributed by atoms with E-state index in [1.54, 1.807) is 17.5 Å². The number of hydrogen-bond acceptors (Lipinski definition) is 3. The second-order valence-corrected chi connectivity index (χ2v) is 3.17.